The van der Waals surface area contributed by atoms with Crippen LogP contribution in [0.4, 0.5) is 5.69 Å². The zero-order chi connectivity index (χ0) is 22.7. The van der Waals surface area contributed by atoms with Crippen LogP contribution in [0.2, 0.25) is 0 Å². The summed E-state index contributed by atoms with van der Waals surface area (Å²) >= 11 is 1.56. The maximum atomic E-state index is 13.9. The highest BCUT2D eigenvalue weighted by Crippen LogP contribution is 2.35. The van der Waals surface area contributed by atoms with Gasteiger partial charge in [0.25, 0.3) is 5.91 Å². The number of sulfone groups is 1. The molecule has 3 aromatic heterocycles. The van der Waals surface area contributed by atoms with Gasteiger partial charge in [-0.05, 0) is 48.9 Å². The van der Waals surface area contributed by atoms with Gasteiger partial charge in [-0.1, -0.05) is 24.3 Å². The molecule has 0 N–H and O–H groups in total. The van der Waals surface area contributed by atoms with Crippen molar-refractivity contribution in [2.75, 3.05) is 23.0 Å². The Labute approximate surface area is 195 Å². The monoisotopic (exact) mass is 478 g/mol. The van der Waals surface area contributed by atoms with E-state index in [1.165, 1.54) is 5.56 Å². The van der Waals surface area contributed by atoms with E-state index in [-0.39, 0.29) is 23.5 Å². The molecule has 5 heterocycles. The van der Waals surface area contributed by atoms with Crippen molar-refractivity contribution < 1.29 is 13.2 Å². The highest BCUT2D eigenvalue weighted by molar-refractivity contribution is 7.91. The number of para-hydroxylation sites is 1. The number of anilines is 1. The van der Waals surface area contributed by atoms with Gasteiger partial charge in [0.1, 0.15) is 0 Å². The Morgan fingerprint density at radius 3 is 2.79 bits per heavy atom. The molecule has 9 heteroatoms. The predicted molar refractivity (Wildman–Crippen MR) is 130 cm³/mol. The molecular formula is C24H22N4O3S2. The summed E-state index contributed by atoms with van der Waals surface area (Å²) < 4.78 is 26.0. The summed E-state index contributed by atoms with van der Waals surface area (Å²) in [5.41, 5.74) is 4.64. The zero-order valence-corrected chi connectivity index (χ0v) is 19.7. The Hall–Kier alpha value is -3.04. The van der Waals surface area contributed by atoms with Gasteiger partial charge in [0.05, 0.1) is 44.8 Å². The van der Waals surface area contributed by atoms with Crippen LogP contribution in [-0.2, 0) is 16.3 Å². The molecule has 6 rings (SSSR count). The fourth-order valence-electron chi connectivity index (χ4n) is 4.95. The first-order valence-corrected chi connectivity index (χ1v) is 13.7. The minimum Gasteiger partial charge on any atom is -0.308 e. The molecule has 1 unspecified atom stereocenters. The molecule has 1 aromatic carbocycles. The van der Waals surface area contributed by atoms with Gasteiger partial charge < -0.3 is 4.90 Å². The molecule has 2 aliphatic rings. The van der Waals surface area contributed by atoms with Crippen molar-refractivity contribution >= 4 is 43.8 Å². The normalized spacial score (nSPS) is 19.3. The van der Waals surface area contributed by atoms with Crippen LogP contribution in [0.25, 0.3) is 21.6 Å². The van der Waals surface area contributed by atoms with E-state index in [4.69, 9.17) is 10.1 Å². The number of aryl methyl sites for hydroxylation is 1. The van der Waals surface area contributed by atoms with Gasteiger partial charge in [0.2, 0.25) is 0 Å². The number of nitrogens with zero attached hydrogens (tertiary/aromatic N) is 4. The van der Waals surface area contributed by atoms with Gasteiger partial charge in [-0.15, -0.1) is 11.3 Å². The van der Waals surface area contributed by atoms with Crippen molar-refractivity contribution in [1.82, 2.24) is 14.8 Å². The standard InChI is InChI=1S/C24H22N4O3S2/c1-15-22-18(24(29)27-10-8-16-5-2-3-6-20(16)27)13-19(21-7-4-11-32-21)25-23(22)28(26-15)17-9-12-33(30,31)14-17/h2-7,11,13,17H,8-10,12,14H2,1H3. The molecule has 0 aliphatic carbocycles. The molecule has 0 radical (unpaired) electrons. The van der Waals surface area contributed by atoms with Gasteiger partial charge in [0, 0.05) is 12.2 Å². The Morgan fingerprint density at radius 1 is 1.18 bits per heavy atom. The minimum absolute atomic E-state index is 0.0525. The fraction of sp³-hybridized carbons (Fsp3) is 0.292. The van der Waals surface area contributed by atoms with Crippen molar-refractivity contribution in [3.05, 3.63) is 64.7 Å². The van der Waals surface area contributed by atoms with Gasteiger partial charge in [-0.2, -0.15) is 5.10 Å². The topological polar surface area (TPSA) is 85.2 Å². The molecule has 4 aromatic rings. The number of aromatic nitrogens is 3. The summed E-state index contributed by atoms with van der Waals surface area (Å²) in [5.74, 6) is 0.127. The quantitative estimate of drug-likeness (QED) is 0.444. The van der Waals surface area contributed by atoms with Crippen LogP contribution < -0.4 is 4.90 Å². The summed E-state index contributed by atoms with van der Waals surface area (Å²) in [4.78, 5) is 21.6. The second-order valence-electron chi connectivity index (χ2n) is 8.65. The molecule has 7 nitrogen and oxygen atoms in total. The summed E-state index contributed by atoms with van der Waals surface area (Å²) in [6, 6.07) is 13.5. The third-order valence-corrected chi connectivity index (χ3v) is 9.17. The highest BCUT2D eigenvalue weighted by Gasteiger charge is 2.34. The van der Waals surface area contributed by atoms with E-state index >= 15 is 0 Å². The average molecular weight is 479 g/mol. The van der Waals surface area contributed by atoms with E-state index in [1.54, 1.807) is 16.0 Å². The number of fused-ring (bicyclic) bond motifs is 2. The SMILES string of the molecule is Cc1nn(C2CCS(=O)(=O)C2)c2nc(-c3cccs3)cc(C(=O)N3CCc4ccccc43)c12. The van der Waals surface area contributed by atoms with Crippen molar-refractivity contribution in [3.8, 4) is 10.6 Å². The number of hydrogen-bond acceptors (Lipinski definition) is 6. The van der Waals surface area contributed by atoms with Crippen LogP contribution in [-0.4, -0.2) is 47.1 Å². The predicted octanol–water partition coefficient (Wildman–Crippen LogP) is 4.03. The third kappa shape index (κ3) is 3.38. The van der Waals surface area contributed by atoms with Crippen LogP contribution in [0.1, 0.15) is 34.1 Å². The van der Waals surface area contributed by atoms with E-state index in [0.717, 1.165) is 17.0 Å². The van der Waals surface area contributed by atoms with E-state index in [9.17, 15) is 13.2 Å². The molecule has 168 valence electrons. The Kier molecular flexibility index (Phi) is 4.67. The summed E-state index contributed by atoms with van der Waals surface area (Å²) in [6.07, 6.45) is 1.33. The number of thiophene rings is 1. The number of amides is 1. The first-order chi connectivity index (χ1) is 15.9. The Balaban J connectivity index is 1.55. The van der Waals surface area contributed by atoms with E-state index in [0.29, 0.717) is 41.0 Å². The molecule has 0 saturated carbocycles. The number of rotatable bonds is 3. The van der Waals surface area contributed by atoms with Gasteiger partial charge in [0.15, 0.2) is 15.5 Å². The van der Waals surface area contributed by atoms with Crippen LogP contribution in [0.5, 0.6) is 0 Å². The number of carbonyl (C=O) groups excluding carboxylic acids is 1. The van der Waals surface area contributed by atoms with Gasteiger partial charge in [-0.25, -0.2) is 18.1 Å². The van der Waals surface area contributed by atoms with Crippen molar-refractivity contribution in [1.29, 1.82) is 0 Å². The fourth-order valence-corrected chi connectivity index (χ4v) is 7.33. The van der Waals surface area contributed by atoms with Crippen LogP contribution in [0.15, 0.2) is 47.8 Å². The lowest BCUT2D eigenvalue weighted by atomic mass is 10.1. The number of hydrogen-bond donors (Lipinski definition) is 0. The number of carbonyl (C=O) groups is 1. The summed E-state index contributed by atoms with van der Waals surface area (Å²) in [5, 5.41) is 7.38. The second kappa shape index (κ2) is 7.50. The lowest BCUT2D eigenvalue weighted by Crippen LogP contribution is -2.29. The zero-order valence-electron chi connectivity index (χ0n) is 18.1. The Bertz CT molecular complexity index is 1510. The lowest BCUT2D eigenvalue weighted by molar-refractivity contribution is 0.0991. The molecule has 1 amide bonds. The van der Waals surface area contributed by atoms with Crippen LogP contribution in [0.3, 0.4) is 0 Å². The molecule has 1 atom stereocenters. The summed E-state index contributed by atoms with van der Waals surface area (Å²) in [7, 11) is -3.09. The molecule has 2 aliphatic heterocycles. The van der Waals surface area contributed by atoms with Crippen molar-refractivity contribution in [2.24, 2.45) is 0 Å². The molecule has 1 saturated heterocycles. The number of benzene rings is 1. The van der Waals surface area contributed by atoms with E-state index in [2.05, 4.69) is 6.07 Å². The minimum atomic E-state index is -3.09. The molecule has 33 heavy (non-hydrogen) atoms. The maximum absolute atomic E-state index is 13.9. The molecule has 0 spiro atoms. The first kappa shape index (κ1) is 20.6. The smallest absolute Gasteiger partial charge is 0.259 e. The lowest BCUT2D eigenvalue weighted by Gasteiger charge is -2.19. The molecule has 0 bridgehead atoms. The second-order valence-corrected chi connectivity index (χ2v) is 11.8. The average Bonchev–Trinajstić information content (AvgIpc) is 3.58. The first-order valence-electron chi connectivity index (χ1n) is 11.0. The number of pyridine rings is 1. The largest absolute Gasteiger partial charge is 0.308 e. The Morgan fingerprint density at radius 2 is 2.03 bits per heavy atom. The van der Waals surface area contributed by atoms with Gasteiger partial charge in [-0.3, -0.25) is 4.79 Å². The van der Waals surface area contributed by atoms with Crippen molar-refractivity contribution in [2.45, 2.75) is 25.8 Å². The molecule has 1 fully saturated rings. The van der Waals surface area contributed by atoms with Crippen LogP contribution >= 0.6 is 11.3 Å². The van der Waals surface area contributed by atoms with Crippen molar-refractivity contribution in [3.63, 3.8) is 0 Å². The van der Waals surface area contributed by atoms with Gasteiger partial charge >= 0.3 is 0 Å². The maximum Gasteiger partial charge on any atom is 0.259 e. The van der Waals surface area contributed by atoms with E-state index in [1.807, 2.05) is 53.6 Å². The highest BCUT2D eigenvalue weighted by atomic mass is 32.2. The summed E-state index contributed by atoms with van der Waals surface area (Å²) in [6.45, 7) is 2.49. The van der Waals surface area contributed by atoms with E-state index < -0.39 is 9.84 Å². The molecular weight excluding hydrogens is 456 g/mol. The van der Waals surface area contributed by atoms with Crippen LogP contribution in [0, 0.1) is 6.92 Å². The third-order valence-electron chi connectivity index (χ3n) is 6.53.